The molecule has 1 aliphatic heterocycles. The van der Waals surface area contributed by atoms with Crippen LogP contribution in [0.5, 0.6) is 0 Å². The molecule has 0 radical (unpaired) electrons. The lowest BCUT2D eigenvalue weighted by atomic mass is 10.1. The van der Waals surface area contributed by atoms with Gasteiger partial charge in [0.25, 0.3) is 0 Å². The molecule has 2 N–H and O–H groups in total. The monoisotopic (exact) mass is 351 g/mol. The Kier molecular flexibility index (Phi) is 11.8. The Balaban J connectivity index is 0.00000200. The highest BCUT2D eigenvalue weighted by molar-refractivity contribution is 7.98. The third kappa shape index (κ3) is 8.51. The molecular formula is C14H23Cl2N3OS. The molecule has 0 spiro atoms. The molecule has 0 saturated carbocycles. The first-order valence-corrected chi connectivity index (χ1v) is 7.98. The molecule has 2 rings (SSSR count). The molecule has 1 unspecified atom stereocenters. The van der Waals surface area contributed by atoms with Crippen molar-refractivity contribution in [1.29, 1.82) is 0 Å². The van der Waals surface area contributed by atoms with Crippen molar-refractivity contribution in [1.82, 2.24) is 15.6 Å². The molecule has 4 nitrogen and oxygen atoms in total. The van der Waals surface area contributed by atoms with Crippen LogP contribution in [0.1, 0.15) is 25.0 Å². The highest BCUT2D eigenvalue weighted by atomic mass is 35.5. The van der Waals surface area contributed by atoms with E-state index in [4.69, 9.17) is 0 Å². The summed E-state index contributed by atoms with van der Waals surface area (Å²) in [4.78, 5) is 16.0. The van der Waals surface area contributed by atoms with Crippen molar-refractivity contribution in [2.75, 3.05) is 18.8 Å². The fourth-order valence-corrected chi connectivity index (χ4v) is 2.95. The lowest BCUT2D eigenvalue weighted by Crippen LogP contribution is -2.45. The summed E-state index contributed by atoms with van der Waals surface area (Å²) in [5.74, 6) is 1.89. The number of nitrogens with zero attached hydrogens (tertiary/aromatic N) is 1. The smallest absolute Gasteiger partial charge is 0.221 e. The van der Waals surface area contributed by atoms with Gasteiger partial charge in [0.15, 0.2) is 0 Å². The van der Waals surface area contributed by atoms with Crippen LogP contribution >= 0.6 is 36.6 Å². The second-order valence-corrected chi connectivity index (χ2v) is 5.84. The largest absolute Gasteiger partial charge is 0.352 e. The predicted octanol–water partition coefficient (Wildman–Crippen LogP) is 2.42. The summed E-state index contributed by atoms with van der Waals surface area (Å²) in [5, 5.41) is 6.39. The van der Waals surface area contributed by atoms with Crippen molar-refractivity contribution in [2.24, 2.45) is 0 Å². The molecule has 1 fully saturated rings. The molecule has 0 bridgehead atoms. The number of pyridine rings is 1. The van der Waals surface area contributed by atoms with Crippen molar-refractivity contribution in [3.63, 3.8) is 0 Å². The molecule has 21 heavy (non-hydrogen) atoms. The van der Waals surface area contributed by atoms with E-state index in [1.807, 2.05) is 18.2 Å². The number of hydrogen-bond acceptors (Lipinski definition) is 4. The maximum atomic E-state index is 11.8. The average molecular weight is 352 g/mol. The van der Waals surface area contributed by atoms with Gasteiger partial charge in [0.05, 0.1) is 5.69 Å². The minimum atomic E-state index is 0. The molecule has 1 amide bonds. The van der Waals surface area contributed by atoms with Gasteiger partial charge in [-0.15, -0.1) is 24.8 Å². The van der Waals surface area contributed by atoms with Gasteiger partial charge in [-0.3, -0.25) is 9.78 Å². The fourth-order valence-electron chi connectivity index (χ4n) is 2.10. The molecule has 0 aliphatic carbocycles. The summed E-state index contributed by atoms with van der Waals surface area (Å²) in [6, 6.07) is 6.24. The first kappa shape index (κ1) is 20.5. The lowest BCUT2D eigenvalue weighted by molar-refractivity contribution is -0.121. The fraction of sp³-hybridized carbons (Fsp3) is 0.571. The predicted molar refractivity (Wildman–Crippen MR) is 93.5 cm³/mol. The number of thioether (sulfide) groups is 1. The van der Waals surface area contributed by atoms with Gasteiger partial charge in [0, 0.05) is 36.7 Å². The van der Waals surface area contributed by atoms with Crippen molar-refractivity contribution in [3.8, 4) is 0 Å². The Morgan fingerprint density at radius 3 is 2.95 bits per heavy atom. The minimum Gasteiger partial charge on any atom is -0.352 e. The number of nitrogens with one attached hydrogen (secondary N) is 2. The first-order chi connectivity index (χ1) is 9.34. The van der Waals surface area contributed by atoms with Crippen LogP contribution in [-0.2, 0) is 10.5 Å². The Labute approximate surface area is 143 Å². The van der Waals surface area contributed by atoms with Gasteiger partial charge in [-0.1, -0.05) is 6.07 Å². The molecule has 1 aliphatic rings. The number of rotatable bonds is 6. The van der Waals surface area contributed by atoms with Crippen LogP contribution in [0.2, 0.25) is 0 Å². The SMILES string of the molecule is Cl.Cl.O=C(CCSCc1ccccn1)NC1CCCNC1. The van der Waals surface area contributed by atoms with Crippen LogP contribution in [0.15, 0.2) is 24.4 Å². The summed E-state index contributed by atoms with van der Waals surface area (Å²) < 4.78 is 0. The highest BCUT2D eigenvalue weighted by Crippen LogP contribution is 2.10. The minimum absolute atomic E-state index is 0. The van der Waals surface area contributed by atoms with Gasteiger partial charge in [-0.25, -0.2) is 0 Å². The zero-order valence-electron chi connectivity index (χ0n) is 11.9. The van der Waals surface area contributed by atoms with E-state index in [0.29, 0.717) is 12.5 Å². The molecule has 0 aromatic carbocycles. The van der Waals surface area contributed by atoms with Gasteiger partial charge >= 0.3 is 0 Å². The number of amides is 1. The van der Waals surface area contributed by atoms with Gasteiger partial charge < -0.3 is 10.6 Å². The van der Waals surface area contributed by atoms with Crippen LogP contribution in [0.4, 0.5) is 0 Å². The van der Waals surface area contributed by atoms with Crippen LogP contribution in [-0.4, -0.2) is 35.8 Å². The van der Waals surface area contributed by atoms with Gasteiger partial charge in [0.2, 0.25) is 5.91 Å². The van der Waals surface area contributed by atoms with Gasteiger partial charge in [0.1, 0.15) is 0 Å². The molecule has 120 valence electrons. The molecule has 1 aromatic rings. The lowest BCUT2D eigenvalue weighted by Gasteiger charge is -2.23. The molecule has 2 heterocycles. The van der Waals surface area contributed by atoms with Gasteiger partial charge in [-0.05, 0) is 31.5 Å². The summed E-state index contributed by atoms with van der Waals surface area (Å²) in [7, 11) is 0. The Morgan fingerprint density at radius 1 is 1.43 bits per heavy atom. The van der Waals surface area contributed by atoms with E-state index in [1.165, 1.54) is 0 Å². The van der Waals surface area contributed by atoms with Crippen molar-refractivity contribution < 1.29 is 4.79 Å². The molecule has 1 atom stereocenters. The normalized spacial score (nSPS) is 17.2. The van der Waals surface area contributed by atoms with Gasteiger partial charge in [-0.2, -0.15) is 11.8 Å². The first-order valence-electron chi connectivity index (χ1n) is 6.82. The van der Waals surface area contributed by atoms with Crippen LogP contribution in [0.25, 0.3) is 0 Å². The quantitative estimate of drug-likeness (QED) is 0.772. The van der Waals surface area contributed by atoms with Crippen LogP contribution in [0.3, 0.4) is 0 Å². The van der Waals surface area contributed by atoms with Crippen molar-refractivity contribution in [2.45, 2.75) is 31.1 Å². The van der Waals surface area contributed by atoms with E-state index in [2.05, 4.69) is 15.6 Å². The number of aromatic nitrogens is 1. The third-order valence-electron chi connectivity index (χ3n) is 3.11. The Bertz CT molecular complexity index is 389. The molecule has 7 heteroatoms. The van der Waals surface area contributed by atoms with Crippen molar-refractivity contribution in [3.05, 3.63) is 30.1 Å². The second kappa shape index (κ2) is 12.1. The van der Waals surface area contributed by atoms with Crippen LogP contribution < -0.4 is 10.6 Å². The van der Waals surface area contributed by atoms with E-state index in [9.17, 15) is 4.79 Å². The van der Waals surface area contributed by atoms with E-state index >= 15 is 0 Å². The molecular weight excluding hydrogens is 329 g/mol. The zero-order valence-corrected chi connectivity index (χ0v) is 14.4. The zero-order chi connectivity index (χ0) is 13.3. The summed E-state index contributed by atoms with van der Waals surface area (Å²) in [6.45, 7) is 1.99. The Morgan fingerprint density at radius 2 is 2.29 bits per heavy atom. The highest BCUT2D eigenvalue weighted by Gasteiger charge is 2.14. The molecule has 1 aromatic heterocycles. The maximum Gasteiger partial charge on any atom is 0.221 e. The Hall–Kier alpha value is -0.490. The van der Waals surface area contributed by atoms with Crippen LogP contribution in [0, 0.1) is 0 Å². The third-order valence-corrected chi connectivity index (χ3v) is 4.10. The summed E-state index contributed by atoms with van der Waals surface area (Å²) >= 11 is 1.76. The number of carbonyl (C=O) groups excluding carboxylic acids is 1. The number of carbonyl (C=O) groups is 1. The topological polar surface area (TPSA) is 54.0 Å². The maximum absolute atomic E-state index is 11.8. The summed E-state index contributed by atoms with van der Waals surface area (Å²) in [5.41, 5.74) is 1.07. The molecule has 1 saturated heterocycles. The average Bonchev–Trinajstić information content (AvgIpc) is 2.46. The van der Waals surface area contributed by atoms with E-state index in [0.717, 1.165) is 43.1 Å². The van der Waals surface area contributed by atoms with Crippen molar-refractivity contribution >= 4 is 42.5 Å². The van der Waals surface area contributed by atoms with E-state index in [-0.39, 0.29) is 30.7 Å². The summed E-state index contributed by atoms with van der Waals surface area (Å²) in [6.07, 6.45) is 4.64. The van der Waals surface area contributed by atoms with E-state index < -0.39 is 0 Å². The van der Waals surface area contributed by atoms with E-state index in [1.54, 1.807) is 18.0 Å². The number of piperidine rings is 1. The number of halogens is 2. The second-order valence-electron chi connectivity index (χ2n) is 4.73. The number of hydrogen-bond donors (Lipinski definition) is 2. The standard InChI is InChI=1S/C14H21N3OS.2ClH/c18-14(17-12-5-3-7-15-10-12)6-9-19-11-13-4-1-2-8-16-13;;/h1-2,4,8,12,15H,3,5-7,9-11H2,(H,17,18);2*1H.